The number of rotatable bonds is 2. The highest BCUT2D eigenvalue weighted by Gasteiger charge is 2.19. The molecule has 1 saturated heterocycles. The summed E-state index contributed by atoms with van der Waals surface area (Å²) in [6, 6.07) is 7.79. The van der Waals surface area contributed by atoms with Gasteiger partial charge in [0.1, 0.15) is 6.61 Å². The van der Waals surface area contributed by atoms with E-state index in [1.165, 1.54) is 0 Å². The molecular weight excluding hydrogens is 274 g/mol. The molecule has 20 heavy (non-hydrogen) atoms. The minimum absolute atomic E-state index is 0.156. The van der Waals surface area contributed by atoms with Crippen LogP contribution in [0.2, 0.25) is 0 Å². The van der Waals surface area contributed by atoms with Crippen LogP contribution in [-0.4, -0.2) is 49.6 Å². The molecule has 1 heterocycles. The molecule has 0 atom stereocenters. The standard InChI is InChI=1S/C15H19NO3S/c17-10-3-7-14-5-1-2-6-15(14)13-16-8-4-11-20(18,19)12-9-16/h1-2,5-6,17H,4,8-13H2. The Morgan fingerprint density at radius 3 is 2.80 bits per heavy atom. The number of aliphatic hydroxyl groups excluding tert-OH is 1. The van der Waals surface area contributed by atoms with Crippen LogP contribution in [0.15, 0.2) is 24.3 Å². The Bertz CT molecular complexity index is 613. The van der Waals surface area contributed by atoms with E-state index in [9.17, 15) is 8.42 Å². The molecule has 0 radical (unpaired) electrons. The Labute approximate surface area is 120 Å². The zero-order valence-electron chi connectivity index (χ0n) is 11.4. The summed E-state index contributed by atoms with van der Waals surface area (Å²) in [5, 5.41) is 8.78. The van der Waals surface area contributed by atoms with E-state index >= 15 is 0 Å². The van der Waals surface area contributed by atoms with Crippen LogP contribution in [0.3, 0.4) is 0 Å². The van der Waals surface area contributed by atoms with E-state index < -0.39 is 9.84 Å². The molecular formula is C15H19NO3S. The largest absolute Gasteiger partial charge is 0.384 e. The zero-order valence-corrected chi connectivity index (χ0v) is 12.2. The van der Waals surface area contributed by atoms with Crippen LogP contribution >= 0.6 is 0 Å². The molecule has 2 rings (SSSR count). The first-order valence-electron chi connectivity index (χ1n) is 6.71. The summed E-state index contributed by atoms with van der Waals surface area (Å²) in [7, 11) is -2.87. The van der Waals surface area contributed by atoms with Gasteiger partial charge in [0.2, 0.25) is 0 Å². The van der Waals surface area contributed by atoms with E-state index in [0.29, 0.717) is 19.5 Å². The normalized spacial score (nSPS) is 18.9. The number of aliphatic hydroxyl groups is 1. The van der Waals surface area contributed by atoms with Crippen LogP contribution in [0.25, 0.3) is 0 Å². The lowest BCUT2D eigenvalue weighted by Gasteiger charge is -2.19. The van der Waals surface area contributed by atoms with E-state index in [1.807, 2.05) is 24.3 Å². The lowest BCUT2D eigenvalue weighted by atomic mass is 10.1. The Morgan fingerprint density at radius 1 is 1.20 bits per heavy atom. The van der Waals surface area contributed by atoms with Crippen molar-refractivity contribution in [1.82, 2.24) is 4.90 Å². The van der Waals surface area contributed by atoms with Crippen molar-refractivity contribution in [3.8, 4) is 11.8 Å². The Balaban J connectivity index is 2.10. The van der Waals surface area contributed by atoms with Crippen LogP contribution in [0.5, 0.6) is 0 Å². The molecule has 0 aliphatic carbocycles. The average Bonchev–Trinajstić information content (AvgIpc) is 2.59. The van der Waals surface area contributed by atoms with E-state index in [0.717, 1.165) is 17.7 Å². The van der Waals surface area contributed by atoms with Crippen molar-refractivity contribution < 1.29 is 13.5 Å². The molecule has 0 aromatic heterocycles. The molecule has 0 amide bonds. The second kappa shape index (κ2) is 6.89. The molecule has 1 N–H and O–H groups in total. The molecule has 1 aromatic carbocycles. The van der Waals surface area contributed by atoms with Crippen molar-refractivity contribution >= 4 is 9.84 Å². The molecule has 0 saturated carbocycles. The van der Waals surface area contributed by atoms with Gasteiger partial charge in [0, 0.05) is 18.7 Å². The van der Waals surface area contributed by atoms with Crippen LogP contribution in [0.4, 0.5) is 0 Å². The van der Waals surface area contributed by atoms with Crippen molar-refractivity contribution in [3.63, 3.8) is 0 Å². The fourth-order valence-corrected chi connectivity index (χ4v) is 3.61. The molecule has 0 bridgehead atoms. The van der Waals surface area contributed by atoms with Crippen molar-refractivity contribution in [2.45, 2.75) is 13.0 Å². The summed E-state index contributed by atoms with van der Waals surface area (Å²) in [5.74, 6) is 6.12. The van der Waals surface area contributed by atoms with Crippen LogP contribution in [-0.2, 0) is 16.4 Å². The maximum absolute atomic E-state index is 11.6. The highest BCUT2D eigenvalue weighted by atomic mass is 32.2. The third kappa shape index (κ3) is 4.34. The third-order valence-electron chi connectivity index (χ3n) is 3.36. The maximum atomic E-state index is 11.6. The minimum atomic E-state index is -2.87. The number of nitrogens with zero attached hydrogens (tertiary/aromatic N) is 1. The minimum Gasteiger partial charge on any atom is -0.384 e. The number of hydrogen-bond donors (Lipinski definition) is 1. The summed E-state index contributed by atoms with van der Waals surface area (Å²) >= 11 is 0. The van der Waals surface area contributed by atoms with E-state index in [4.69, 9.17) is 5.11 Å². The average molecular weight is 293 g/mol. The van der Waals surface area contributed by atoms with Gasteiger partial charge in [-0.3, -0.25) is 4.90 Å². The van der Waals surface area contributed by atoms with Gasteiger partial charge in [0.15, 0.2) is 9.84 Å². The lowest BCUT2D eigenvalue weighted by Crippen LogP contribution is -2.27. The highest BCUT2D eigenvalue weighted by Crippen LogP contribution is 2.13. The van der Waals surface area contributed by atoms with Gasteiger partial charge in [-0.05, 0) is 24.6 Å². The monoisotopic (exact) mass is 293 g/mol. The molecule has 0 spiro atoms. The molecule has 5 heteroatoms. The van der Waals surface area contributed by atoms with E-state index in [2.05, 4.69) is 16.7 Å². The SMILES string of the molecule is O=S1(=O)CCCN(Cc2ccccc2C#CCO)CC1. The number of sulfone groups is 1. The summed E-state index contributed by atoms with van der Waals surface area (Å²) in [4.78, 5) is 2.16. The van der Waals surface area contributed by atoms with Crippen LogP contribution < -0.4 is 0 Å². The first-order valence-corrected chi connectivity index (χ1v) is 8.53. The van der Waals surface area contributed by atoms with Gasteiger partial charge >= 0.3 is 0 Å². The number of benzene rings is 1. The second-order valence-corrected chi connectivity index (χ2v) is 7.20. The van der Waals surface area contributed by atoms with Crippen LogP contribution in [0, 0.1) is 11.8 Å². The first kappa shape index (κ1) is 15.0. The van der Waals surface area contributed by atoms with Gasteiger partial charge in [0.25, 0.3) is 0 Å². The molecule has 1 aliphatic heterocycles. The summed E-state index contributed by atoms with van der Waals surface area (Å²) in [5.41, 5.74) is 1.97. The highest BCUT2D eigenvalue weighted by molar-refractivity contribution is 7.91. The van der Waals surface area contributed by atoms with Gasteiger partial charge in [0.05, 0.1) is 11.5 Å². The van der Waals surface area contributed by atoms with E-state index in [-0.39, 0.29) is 18.1 Å². The molecule has 1 aromatic rings. The molecule has 4 nitrogen and oxygen atoms in total. The fraction of sp³-hybridized carbons (Fsp3) is 0.467. The van der Waals surface area contributed by atoms with Crippen LogP contribution in [0.1, 0.15) is 17.5 Å². The van der Waals surface area contributed by atoms with Crippen molar-refractivity contribution in [3.05, 3.63) is 35.4 Å². The topological polar surface area (TPSA) is 57.6 Å². The summed E-state index contributed by atoms with van der Waals surface area (Å²) in [6.45, 7) is 1.91. The fourth-order valence-electron chi connectivity index (χ4n) is 2.30. The summed E-state index contributed by atoms with van der Waals surface area (Å²) < 4.78 is 23.2. The zero-order chi connectivity index (χ0) is 14.4. The van der Waals surface area contributed by atoms with Crippen molar-refractivity contribution in [1.29, 1.82) is 0 Å². The molecule has 108 valence electrons. The predicted octanol–water partition coefficient (Wildman–Crippen LogP) is 0.651. The molecule has 1 fully saturated rings. The van der Waals surface area contributed by atoms with Gasteiger partial charge in [-0.25, -0.2) is 8.42 Å². The Kier molecular flexibility index (Phi) is 5.18. The lowest BCUT2D eigenvalue weighted by molar-refractivity contribution is 0.287. The Hall–Kier alpha value is -1.35. The van der Waals surface area contributed by atoms with Crippen molar-refractivity contribution in [2.24, 2.45) is 0 Å². The smallest absolute Gasteiger partial charge is 0.151 e. The van der Waals surface area contributed by atoms with Gasteiger partial charge in [-0.1, -0.05) is 30.0 Å². The van der Waals surface area contributed by atoms with Crippen molar-refractivity contribution in [2.75, 3.05) is 31.2 Å². The molecule has 1 aliphatic rings. The number of hydrogen-bond acceptors (Lipinski definition) is 4. The molecule has 0 unspecified atom stereocenters. The Morgan fingerprint density at radius 2 is 2.00 bits per heavy atom. The maximum Gasteiger partial charge on any atom is 0.151 e. The van der Waals surface area contributed by atoms with E-state index in [1.54, 1.807) is 0 Å². The quantitative estimate of drug-likeness (QED) is 0.814. The third-order valence-corrected chi connectivity index (χ3v) is 5.08. The van der Waals surface area contributed by atoms with Gasteiger partial charge in [-0.2, -0.15) is 0 Å². The van der Waals surface area contributed by atoms with Gasteiger partial charge < -0.3 is 5.11 Å². The summed E-state index contributed by atoms with van der Waals surface area (Å²) in [6.07, 6.45) is 0.687. The predicted molar refractivity (Wildman–Crippen MR) is 79.0 cm³/mol. The first-order chi connectivity index (χ1) is 9.61. The second-order valence-electron chi connectivity index (χ2n) is 4.90. The van der Waals surface area contributed by atoms with Gasteiger partial charge in [-0.15, -0.1) is 0 Å².